The highest BCUT2D eigenvalue weighted by atomic mass is 19.4. The molecule has 0 aromatic heterocycles. The number of carbonyl (C=O) groups excluding carboxylic acids is 1. The quantitative estimate of drug-likeness (QED) is 0.408. The lowest BCUT2D eigenvalue weighted by molar-refractivity contribution is -0.147. The van der Waals surface area contributed by atoms with Crippen molar-refractivity contribution in [1.29, 1.82) is 0 Å². The van der Waals surface area contributed by atoms with E-state index < -0.39 is 25.2 Å². The lowest BCUT2D eigenvalue weighted by Gasteiger charge is -2.23. The Morgan fingerprint density at radius 2 is 2.00 bits per heavy atom. The molecule has 0 aliphatic heterocycles. The number of benzene rings is 1. The molecule has 20 heavy (non-hydrogen) atoms. The highest BCUT2D eigenvalue weighted by Gasteiger charge is 2.30. The number of aliphatic hydroxyl groups is 1. The first kappa shape index (κ1) is 16.4. The van der Waals surface area contributed by atoms with E-state index in [1.807, 2.05) is 5.43 Å². The summed E-state index contributed by atoms with van der Waals surface area (Å²) in [4.78, 5) is 12.5. The van der Waals surface area contributed by atoms with Crippen molar-refractivity contribution in [2.75, 3.05) is 19.7 Å². The maximum absolute atomic E-state index is 12.4. The van der Waals surface area contributed by atoms with Crippen LogP contribution < -0.4 is 11.3 Å². The smallest absolute Gasteiger partial charge is 0.395 e. The third-order valence-electron chi connectivity index (χ3n) is 2.61. The number of aliphatic hydroxyl groups excluding tert-OH is 1. The van der Waals surface area contributed by atoms with Crippen molar-refractivity contribution < 1.29 is 23.1 Å². The van der Waals surface area contributed by atoms with Gasteiger partial charge in [-0.2, -0.15) is 13.2 Å². The van der Waals surface area contributed by atoms with E-state index in [9.17, 15) is 18.0 Å². The standard InChI is InChI=1S/C12H16F3N3O2/c13-12(14,15)8-18(5-6-19)7-9-3-1-2-4-10(9)11(20)17-16/h1-4,19H,5-8,16H2,(H,17,20). The highest BCUT2D eigenvalue weighted by Crippen LogP contribution is 2.19. The van der Waals surface area contributed by atoms with E-state index in [2.05, 4.69) is 0 Å². The van der Waals surface area contributed by atoms with Gasteiger partial charge in [0.2, 0.25) is 0 Å². The van der Waals surface area contributed by atoms with Crippen LogP contribution in [0.15, 0.2) is 24.3 Å². The third kappa shape index (κ3) is 5.16. The van der Waals surface area contributed by atoms with Crippen LogP contribution in [0, 0.1) is 0 Å². The molecule has 0 radical (unpaired) electrons. The van der Waals surface area contributed by atoms with E-state index in [4.69, 9.17) is 10.9 Å². The predicted octanol–water partition coefficient (Wildman–Crippen LogP) is 0.647. The summed E-state index contributed by atoms with van der Waals surface area (Å²) in [6.45, 7) is -1.81. The number of nitrogens with two attached hydrogens (primary N) is 1. The minimum absolute atomic E-state index is 0.107. The van der Waals surface area contributed by atoms with Gasteiger partial charge in [-0.1, -0.05) is 18.2 Å². The summed E-state index contributed by atoms with van der Waals surface area (Å²) in [5.41, 5.74) is 2.56. The number of rotatable bonds is 6. The molecule has 0 aliphatic carbocycles. The van der Waals surface area contributed by atoms with Gasteiger partial charge in [0.15, 0.2) is 0 Å². The van der Waals surface area contributed by atoms with Gasteiger partial charge in [0.1, 0.15) is 0 Å². The molecule has 0 unspecified atom stereocenters. The van der Waals surface area contributed by atoms with Crippen LogP contribution in [0.5, 0.6) is 0 Å². The van der Waals surface area contributed by atoms with Crippen LogP contribution in [0.4, 0.5) is 13.2 Å². The predicted molar refractivity (Wildman–Crippen MR) is 66.5 cm³/mol. The first-order chi connectivity index (χ1) is 9.37. The van der Waals surface area contributed by atoms with Gasteiger partial charge in [0.25, 0.3) is 5.91 Å². The number of hydrogen-bond acceptors (Lipinski definition) is 4. The number of hydrogen-bond donors (Lipinski definition) is 3. The van der Waals surface area contributed by atoms with Crippen molar-refractivity contribution in [2.45, 2.75) is 12.7 Å². The molecule has 1 aromatic rings. The van der Waals surface area contributed by atoms with Gasteiger partial charge in [0.05, 0.1) is 13.2 Å². The maximum atomic E-state index is 12.4. The van der Waals surface area contributed by atoms with Crippen LogP contribution in [0.25, 0.3) is 0 Å². The molecule has 4 N–H and O–H groups in total. The summed E-state index contributed by atoms with van der Waals surface area (Å²) in [6, 6.07) is 6.23. The minimum Gasteiger partial charge on any atom is -0.395 e. The van der Waals surface area contributed by atoms with Crippen molar-refractivity contribution in [3.63, 3.8) is 0 Å². The van der Waals surface area contributed by atoms with Gasteiger partial charge in [-0.15, -0.1) is 0 Å². The average molecular weight is 291 g/mol. The molecule has 0 atom stereocenters. The molecule has 1 aromatic carbocycles. The summed E-state index contributed by atoms with van der Waals surface area (Å²) in [5, 5.41) is 8.83. The van der Waals surface area contributed by atoms with Crippen molar-refractivity contribution in [2.24, 2.45) is 5.84 Å². The van der Waals surface area contributed by atoms with Crippen LogP contribution in [0.2, 0.25) is 0 Å². The number of nitrogens with zero attached hydrogens (tertiary/aromatic N) is 1. The second kappa shape index (κ2) is 7.22. The van der Waals surface area contributed by atoms with Crippen LogP contribution in [0.1, 0.15) is 15.9 Å². The third-order valence-corrected chi connectivity index (χ3v) is 2.61. The number of halogens is 3. The van der Waals surface area contributed by atoms with E-state index in [0.29, 0.717) is 5.56 Å². The molecular formula is C12H16F3N3O2. The molecule has 0 saturated heterocycles. The summed E-state index contributed by atoms with van der Waals surface area (Å²) < 4.78 is 37.3. The van der Waals surface area contributed by atoms with Gasteiger partial charge < -0.3 is 5.11 Å². The highest BCUT2D eigenvalue weighted by molar-refractivity contribution is 5.95. The zero-order chi connectivity index (χ0) is 15.2. The summed E-state index contributed by atoms with van der Waals surface area (Å²) in [5.74, 6) is 4.46. The molecule has 0 bridgehead atoms. The van der Waals surface area contributed by atoms with E-state index >= 15 is 0 Å². The monoisotopic (exact) mass is 291 g/mol. The molecule has 0 heterocycles. The normalized spacial score (nSPS) is 11.7. The van der Waals surface area contributed by atoms with Gasteiger partial charge >= 0.3 is 6.18 Å². The largest absolute Gasteiger partial charge is 0.401 e. The number of nitrogens with one attached hydrogen (secondary N) is 1. The lowest BCUT2D eigenvalue weighted by atomic mass is 10.1. The fraction of sp³-hybridized carbons (Fsp3) is 0.417. The van der Waals surface area contributed by atoms with Crippen molar-refractivity contribution in [3.8, 4) is 0 Å². The lowest BCUT2D eigenvalue weighted by Crippen LogP contribution is -2.37. The summed E-state index contributed by atoms with van der Waals surface area (Å²) in [6.07, 6.45) is -4.37. The fourth-order valence-corrected chi connectivity index (χ4v) is 1.81. The molecular weight excluding hydrogens is 275 g/mol. The fourth-order valence-electron chi connectivity index (χ4n) is 1.81. The van der Waals surface area contributed by atoms with Gasteiger partial charge in [0, 0.05) is 18.7 Å². The zero-order valence-corrected chi connectivity index (χ0v) is 10.7. The van der Waals surface area contributed by atoms with Crippen molar-refractivity contribution in [3.05, 3.63) is 35.4 Å². The topological polar surface area (TPSA) is 78.6 Å². The molecule has 1 rings (SSSR count). The molecule has 0 spiro atoms. The Labute approximate surface area is 114 Å². The summed E-state index contributed by atoms with van der Waals surface area (Å²) in [7, 11) is 0. The Kier molecular flexibility index (Phi) is 5.93. The van der Waals surface area contributed by atoms with Crippen molar-refractivity contribution >= 4 is 5.91 Å². The maximum Gasteiger partial charge on any atom is 0.401 e. The number of nitrogen functional groups attached to an aromatic ring is 1. The molecule has 5 nitrogen and oxygen atoms in total. The Hall–Kier alpha value is -1.64. The summed E-state index contributed by atoms with van der Waals surface area (Å²) >= 11 is 0. The minimum atomic E-state index is -4.37. The van der Waals surface area contributed by atoms with E-state index in [1.165, 1.54) is 6.07 Å². The van der Waals surface area contributed by atoms with E-state index in [-0.39, 0.29) is 18.7 Å². The van der Waals surface area contributed by atoms with Crippen LogP contribution in [0.3, 0.4) is 0 Å². The van der Waals surface area contributed by atoms with Crippen LogP contribution in [-0.2, 0) is 6.54 Å². The first-order valence-electron chi connectivity index (χ1n) is 5.86. The molecule has 1 amide bonds. The van der Waals surface area contributed by atoms with Crippen LogP contribution >= 0.6 is 0 Å². The Morgan fingerprint density at radius 3 is 2.55 bits per heavy atom. The Balaban J connectivity index is 2.90. The first-order valence-corrected chi connectivity index (χ1v) is 5.86. The second-order valence-electron chi connectivity index (χ2n) is 4.18. The average Bonchev–Trinajstić information content (AvgIpc) is 2.37. The zero-order valence-electron chi connectivity index (χ0n) is 10.7. The number of alkyl halides is 3. The van der Waals surface area contributed by atoms with Gasteiger partial charge in [-0.25, -0.2) is 5.84 Å². The van der Waals surface area contributed by atoms with E-state index in [1.54, 1.807) is 18.2 Å². The molecule has 0 saturated carbocycles. The van der Waals surface area contributed by atoms with Crippen LogP contribution in [-0.4, -0.2) is 41.8 Å². The van der Waals surface area contributed by atoms with Gasteiger partial charge in [-0.3, -0.25) is 15.1 Å². The Bertz CT molecular complexity index is 452. The van der Waals surface area contributed by atoms with E-state index in [0.717, 1.165) is 4.90 Å². The second-order valence-corrected chi connectivity index (χ2v) is 4.18. The molecule has 0 fully saturated rings. The molecule has 0 aliphatic rings. The number of amides is 1. The SMILES string of the molecule is NNC(=O)c1ccccc1CN(CCO)CC(F)(F)F. The van der Waals surface area contributed by atoms with Crippen molar-refractivity contribution in [1.82, 2.24) is 10.3 Å². The Morgan fingerprint density at radius 1 is 1.35 bits per heavy atom. The molecule has 112 valence electrons. The molecule has 8 heteroatoms. The van der Waals surface area contributed by atoms with Gasteiger partial charge in [-0.05, 0) is 11.6 Å². The number of hydrazine groups is 1. The number of carbonyl (C=O) groups is 1.